The van der Waals surface area contributed by atoms with Crippen LogP contribution in [0.4, 0.5) is 0 Å². The van der Waals surface area contributed by atoms with Crippen LogP contribution in [-0.4, -0.2) is 25.0 Å². The molecule has 1 amide bonds. The molecule has 1 aromatic rings. The lowest BCUT2D eigenvalue weighted by Crippen LogP contribution is -2.35. The predicted molar refractivity (Wildman–Crippen MR) is 92.3 cm³/mol. The third-order valence-corrected chi connectivity index (χ3v) is 3.57. The summed E-state index contributed by atoms with van der Waals surface area (Å²) in [5.41, 5.74) is 6.71. The highest BCUT2D eigenvalue weighted by atomic mass is 35.5. The van der Waals surface area contributed by atoms with Crippen molar-refractivity contribution in [3.05, 3.63) is 33.8 Å². The van der Waals surface area contributed by atoms with Crippen LogP contribution in [0.3, 0.4) is 0 Å². The number of guanidine groups is 1. The third-order valence-electron chi connectivity index (χ3n) is 3.01. The Morgan fingerprint density at radius 1 is 1.32 bits per heavy atom. The Morgan fingerprint density at radius 3 is 2.59 bits per heavy atom. The second kappa shape index (κ2) is 8.86. The van der Waals surface area contributed by atoms with Gasteiger partial charge in [-0.3, -0.25) is 9.79 Å². The van der Waals surface area contributed by atoms with Gasteiger partial charge in [0, 0.05) is 22.5 Å². The zero-order valence-electron chi connectivity index (χ0n) is 13.0. The molecule has 0 aromatic heterocycles. The van der Waals surface area contributed by atoms with Crippen molar-refractivity contribution in [1.29, 1.82) is 0 Å². The monoisotopic (exact) mass is 344 g/mol. The number of nitrogens with one attached hydrogen (secondary N) is 2. The first kappa shape index (κ1) is 18.6. The lowest BCUT2D eigenvalue weighted by molar-refractivity contribution is -0.123. The summed E-state index contributed by atoms with van der Waals surface area (Å²) in [7, 11) is 0. The fraction of sp³-hybridized carbons (Fsp3) is 0.467. The normalized spacial score (nSPS) is 13.1. The molecule has 0 saturated heterocycles. The number of amides is 1. The number of aliphatic imine (C=N–C) groups is 1. The van der Waals surface area contributed by atoms with E-state index in [1.54, 1.807) is 12.1 Å². The molecular formula is C15H22Cl2N4O. The minimum absolute atomic E-state index is 0.00282. The smallest absolute Gasteiger partial charge is 0.222 e. The Morgan fingerprint density at radius 2 is 2.00 bits per heavy atom. The van der Waals surface area contributed by atoms with E-state index in [4.69, 9.17) is 28.9 Å². The molecule has 122 valence electrons. The van der Waals surface area contributed by atoms with Crippen molar-refractivity contribution in [2.45, 2.75) is 26.8 Å². The molecule has 0 bridgehead atoms. The first-order valence-corrected chi connectivity index (χ1v) is 7.86. The van der Waals surface area contributed by atoms with Gasteiger partial charge in [-0.2, -0.15) is 0 Å². The molecule has 0 saturated carbocycles. The number of halogens is 2. The molecule has 5 nitrogen and oxygen atoms in total. The Balaban J connectivity index is 2.48. The summed E-state index contributed by atoms with van der Waals surface area (Å²) in [4.78, 5) is 15.6. The maximum Gasteiger partial charge on any atom is 0.222 e. The quantitative estimate of drug-likeness (QED) is 0.421. The van der Waals surface area contributed by atoms with Gasteiger partial charge in [-0.15, -0.1) is 0 Å². The number of rotatable bonds is 6. The van der Waals surface area contributed by atoms with Gasteiger partial charge in [0.15, 0.2) is 5.96 Å². The number of hydrogen-bond acceptors (Lipinski definition) is 2. The van der Waals surface area contributed by atoms with Gasteiger partial charge in [-0.1, -0.05) is 43.1 Å². The molecule has 0 spiro atoms. The number of nitrogens with two attached hydrogens (primary N) is 1. The summed E-state index contributed by atoms with van der Waals surface area (Å²) in [5, 5.41) is 6.99. The van der Waals surface area contributed by atoms with Gasteiger partial charge in [0.1, 0.15) is 0 Å². The predicted octanol–water partition coefficient (Wildman–Crippen LogP) is 2.73. The minimum Gasteiger partial charge on any atom is -0.370 e. The lowest BCUT2D eigenvalue weighted by Gasteiger charge is -2.16. The van der Waals surface area contributed by atoms with Crippen LogP contribution in [-0.2, 0) is 4.79 Å². The molecule has 7 heteroatoms. The van der Waals surface area contributed by atoms with Crippen LogP contribution in [0, 0.1) is 5.92 Å². The maximum atomic E-state index is 11.4. The van der Waals surface area contributed by atoms with E-state index in [0.29, 0.717) is 29.1 Å². The first-order chi connectivity index (χ1) is 10.3. The van der Waals surface area contributed by atoms with E-state index in [0.717, 1.165) is 5.56 Å². The largest absolute Gasteiger partial charge is 0.370 e. The molecule has 0 aliphatic carbocycles. The fourth-order valence-corrected chi connectivity index (χ4v) is 2.33. The number of carbonyl (C=O) groups excluding carboxylic acids is 1. The molecule has 0 aliphatic heterocycles. The van der Waals surface area contributed by atoms with Crippen LogP contribution in [0.1, 0.15) is 32.4 Å². The Kier molecular flexibility index (Phi) is 7.48. The molecule has 4 N–H and O–H groups in total. The van der Waals surface area contributed by atoms with Crippen molar-refractivity contribution in [2.75, 3.05) is 13.1 Å². The highest BCUT2D eigenvalue weighted by Gasteiger charge is 2.10. The number of nitrogens with zero attached hydrogens (tertiary/aromatic N) is 1. The van der Waals surface area contributed by atoms with Gasteiger partial charge in [-0.05, 0) is 24.6 Å². The van der Waals surface area contributed by atoms with Gasteiger partial charge in [0.05, 0.1) is 12.6 Å². The highest BCUT2D eigenvalue weighted by Crippen LogP contribution is 2.25. The van der Waals surface area contributed by atoms with E-state index in [1.165, 1.54) is 0 Å². The molecule has 1 atom stereocenters. The van der Waals surface area contributed by atoms with Crippen LogP contribution < -0.4 is 16.4 Å². The van der Waals surface area contributed by atoms with Gasteiger partial charge in [-0.25, -0.2) is 0 Å². The van der Waals surface area contributed by atoms with E-state index in [9.17, 15) is 4.79 Å². The van der Waals surface area contributed by atoms with Crippen molar-refractivity contribution >= 4 is 35.1 Å². The zero-order chi connectivity index (χ0) is 16.7. The molecule has 1 aromatic carbocycles. The lowest BCUT2D eigenvalue weighted by atomic mass is 10.1. The Bertz CT molecular complexity index is 546. The molecule has 22 heavy (non-hydrogen) atoms. The molecule has 0 heterocycles. The number of hydrogen-bond donors (Lipinski definition) is 3. The topological polar surface area (TPSA) is 79.5 Å². The second-order valence-electron chi connectivity index (χ2n) is 5.24. The zero-order valence-corrected chi connectivity index (χ0v) is 14.5. The van der Waals surface area contributed by atoms with E-state index in [-0.39, 0.29) is 17.9 Å². The van der Waals surface area contributed by atoms with Crippen LogP contribution in [0.2, 0.25) is 10.0 Å². The maximum absolute atomic E-state index is 11.4. The average Bonchev–Trinajstić information content (AvgIpc) is 2.42. The van der Waals surface area contributed by atoms with E-state index < -0.39 is 0 Å². The van der Waals surface area contributed by atoms with Crippen LogP contribution >= 0.6 is 23.2 Å². The third kappa shape index (κ3) is 6.12. The summed E-state index contributed by atoms with van der Waals surface area (Å²) in [6, 6.07) is 5.21. The SMILES string of the molecule is CC(C)C(=O)NCCN=C(N)NC(C)c1ccc(Cl)cc1Cl. The Hall–Kier alpha value is -1.46. The number of benzene rings is 1. The van der Waals surface area contributed by atoms with Gasteiger partial charge in [0.25, 0.3) is 0 Å². The molecule has 1 unspecified atom stereocenters. The highest BCUT2D eigenvalue weighted by molar-refractivity contribution is 6.35. The Labute approximate surface area is 141 Å². The van der Waals surface area contributed by atoms with Crippen molar-refractivity contribution in [2.24, 2.45) is 16.6 Å². The van der Waals surface area contributed by atoms with Gasteiger partial charge in [0.2, 0.25) is 5.91 Å². The molecule has 0 fully saturated rings. The average molecular weight is 345 g/mol. The van der Waals surface area contributed by atoms with E-state index in [2.05, 4.69) is 15.6 Å². The second-order valence-corrected chi connectivity index (χ2v) is 6.09. The standard InChI is InChI=1S/C15H22Cl2N4O/c1-9(2)14(22)19-6-7-20-15(18)21-10(3)12-5-4-11(16)8-13(12)17/h4-5,8-10H,6-7H2,1-3H3,(H,19,22)(H3,18,20,21). The van der Waals surface area contributed by atoms with Crippen molar-refractivity contribution in [1.82, 2.24) is 10.6 Å². The van der Waals surface area contributed by atoms with Crippen molar-refractivity contribution < 1.29 is 4.79 Å². The van der Waals surface area contributed by atoms with Crippen LogP contribution in [0.5, 0.6) is 0 Å². The fourth-order valence-electron chi connectivity index (χ4n) is 1.76. The number of carbonyl (C=O) groups is 1. The summed E-state index contributed by atoms with van der Waals surface area (Å²) >= 11 is 12.0. The minimum atomic E-state index is -0.0984. The van der Waals surface area contributed by atoms with Crippen molar-refractivity contribution in [3.63, 3.8) is 0 Å². The van der Waals surface area contributed by atoms with Crippen LogP contribution in [0.15, 0.2) is 23.2 Å². The summed E-state index contributed by atoms with van der Waals surface area (Å²) in [6.45, 7) is 6.48. The molecule has 0 aliphatic rings. The van der Waals surface area contributed by atoms with Crippen LogP contribution in [0.25, 0.3) is 0 Å². The van der Waals surface area contributed by atoms with E-state index >= 15 is 0 Å². The van der Waals surface area contributed by atoms with E-state index in [1.807, 2.05) is 26.8 Å². The molecule has 1 rings (SSSR count). The summed E-state index contributed by atoms with van der Waals surface area (Å²) in [5.74, 6) is 0.270. The molecular weight excluding hydrogens is 323 g/mol. The van der Waals surface area contributed by atoms with Gasteiger partial charge >= 0.3 is 0 Å². The summed E-state index contributed by atoms with van der Waals surface area (Å²) < 4.78 is 0. The van der Waals surface area contributed by atoms with Gasteiger partial charge < -0.3 is 16.4 Å². The van der Waals surface area contributed by atoms with Crippen molar-refractivity contribution in [3.8, 4) is 0 Å². The summed E-state index contributed by atoms with van der Waals surface area (Å²) in [6.07, 6.45) is 0. The first-order valence-electron chi connectivity index (χ1n) is 7.10. The molecule has 0 radical (unpaired) electrons.